The van der Waals surface area contributed by atoms with E-state index in [0.717, 1.165) is 34.0 Å². The second kappa shape index (κ2) is 4.98. The van der Waals surface area contributed by atoms with E-state index in [1.165, 1.54) is 5.56 Å². The fraction of sp³-hybridized carbons (Fsp3) is 0.111. The Morgan fingerprint density at radius 1 is 0.957 bits per heavy atom. The van der Waals surface area contributed by atoms with E-state index in [9.17, 15) is 0 Å². The maximum atomic E-state index is 6.13. The predicted molar refractivity (Wildman–Crippen MR) is 94.1 cm³/mol. The Morgan fingerprint density at radius 2 is 1.74 bits per heavy atom. The molecule has 0 saturated heterocycles. The van der Waals surface area contributed by atoms with Crippen LogP contribution < -0.4 is 11.5 Å². The van der Waals surface area contributed by atoms with E-state index in [0.29, 0.717) is 11.6 Å². The summed E-state index contributed by atoms with van der Waals surface area (Å²) in [6.07, 6.45) is 2.07. The molecule has 0 atom stereocenters. The van der Waals surface area contributed by atoms with Gasteiger partial charge in [0.25, 0.3) is 0 Å². The molecule has 114 valence electrons. The molecule has 4 N–H and O–H groups in total. The van der Waals surface area contributed by atoms with Gasteiger partial charge in [-0.15, -0.1) is 0 Å². The minimum Gasteiger partial charge on any atom is -0.399 e. The third-order valence-corrected chi connectivity index (χ3v) is 4.08. The van der Waals surface area contributed by atoms with Gasteiger partial charge in [0.2, 0.25) is 0 Å². The summed E-state index contributed by atoms with van der Waals surface area (Å²) < 4.78 is 2.19. The van der Waals surface area contributed by atoms with E-state index >= 15 is 0 Å². The molecule has 4 aromatic rings. The van der Waals surface area contributed by atoms with Gasteiger partial charge < -0.3 is 16.0 Å². The fourth-order valence-corrected chi connectivity index (χ4v) is 3.01. The van der Waals surface area contributed by atoms with Gasteiger partial charge in [0.05, 0.1) is 10.9 Å². The molecular formula is C18H17N5. The lowest BCUT2D eigenvalue weighted by Crippen LogP contribution is -2.00. The molecule has 0 fully saturated rings. The maximum absolute atomic E-state index is 6.13. The molecule has 0 aliphatic rings. The van der Waals surface area contributed by atoms with Crippen LogP contribution in [-0.2, 0) is 6.54 Å². The second-order valence-electron chi connectivity index (χ2n) is 5.73. The van der Waals surface area contributed by atoms with Crippen LogP contribution in [0.3, 0.4) is 0 Å². The van der Waals surface area contributed by atoms with Crippen LogP contribution in [0, 0.1) is 6.92 Å². The molecule has 5 nitrogen and oxygen atoms in total. The molecule has 0 aliphatic heterocycles. The van der Waals surface area contributed by atoms with Crippen molar-refractivity contribution in [3.8, 4) is 0 Å². The smallest absolute Gasteiger partial charge is 0.135 e. The Balaban J connectivity index is 1.86. The highest BCUT2D eigenvalue weighted by Crippen LogP contribution is 2.29. The van der Waals surface area contributed by atoms with Crippen molar-refractivity contribution in [2.75, 3.05) is 11.5 Å². The molecule has 2 aromatic carbocycles. The quantitative estimate of drug-likeness (QED) is 0.557. The van der Waals surface area contributed by atoms with Crippen LogP contribution in [0.4, 0.5) is 11.5 Å². The minimum absolute atomic E-state index is 0.531. The van der Waals surface area contributed by atoms with Crippen molar-refractivity contribution in [2.45, 2.75) is 13.5 Å². The van der Waals surface area contributed by atoms with Crippen LogP contribution in [0.25, 0.3) is 21.8 Å². The SMILES string of the molecule is Cc1nc(N)c2c(ccc3c2ccn3Cc2ccc(N)cc2)n1. The zero-order chi connectivity index (χ0) is 16.0. The van der Waals surface area contributed by atoms with Gasteiger partial charge in [-0.2, -0.15) is 0 Å². The number of anilines is 2. The molecule has 0 aliphatic carbocycles. The molecule has 0 spiro atoms. The number of hydrogen-bond acceptors (Lipinski definition) is 4. The van der Waals surface area contributed by atoms with E-state index < -0.39 is 0 Å². The predicted octanol–water partition coefficient (Wildman–Crippen LogP) is 3.11. The summed E-state index contributed by atoms with van der Waals surface area (Å²) in [6.45, 7) is 2.63. The van der Waals surface area contributed by atoms with Crippen molar-refractivity contribution in [3.05, 3.63) is 60.0 Å². The molecule has 2 aromatic heterocycles. The Morgan fingerprint density at radius 3 is 2.52 bits per heavy atom. The number of benzene rings is 2. The topological polar surface area (TPSA) is 82.8 Å². The van der Waals surface area contributed by atoms with Crippen molar-refractivity contribution in [1.82, 2.24) is 14.5 Å². The average molecular weight is 303 g/mol. The van der Waals surface area contributed by atoms with E-state index in [-0.39, 0.29) is 0 Å². The lowest BCUT2D eigenvalue weighted by atomic mass is 10.1. The summed E-state index contributed by atoms with van der Waals surface area (Å²) in [4.78, 5) is 8.77. The Bertz CT molecular complexity index is 1020. The molecule has 2 heterocycles. The van der Waals surface area contributed by atoms with Gasteiger partial charge in [-0.3, -0.25) is 0 Å². The van der Waals surface area contributed by atoms with Crippen LogP contribution >= 0.6 is 0 Å². The number of nitrogens with two attached hydrogens (primary N) is 2. The van der Waals surface area contributed by atoms with Crippen molar-refractivity contribution in [3.63, 3.8) is 0 Å². The molecule has 5 heteroatoms. The highest BCUT2D eigenvalue weighted by Gasteiger charge is 2.10. The van der Waals surface area contributed by atoms with E-state index in [4.69, 9.17) is 11.5 Å². The lowest BCUT2D eigenvalue weighted by Gasteiger charge is -2.08. The zero-order valence-electron chi connectivity index (χ0n) is 12.8. The molecule has 4 rings (SSSR count). The monoisotopic (exact) mass is 303 g/mol. The summed E-state index contributed by atoms with van der Waals surface area (Å²) in [5.74, 6) is 1.22. The minimum atomic E-state index is 0.531. The number of nitrogen functional groups attached to an aromatic ring is 2. The number of hydrogen-bond donors (Lipinski definition) is 2. The average Bonchev–Trinajstić information content (AvgIpc) is 2.92. The van der Waals surface area contributed by atoms with E-state index in [1.54, 1.807) is 0 Å². The van der Waals surface area contributed by atoms with Crippen molar-refractivity contribution >= 4 is 33.3 Å². The van der Waals surface area contributed by atoms with Crippen LogP contribution in [0.5, 0.6) is 0 Å². The van der Waals surface area contributed by atoms with Gasteiger partial charge in [-0.05, 0) is 42.8 Å². The van der Waals surface area contributed by atoms with Crippen molar-refractivity contribution in [1.29, 1.82) is 0 Å². The zero-order valence-corrected chi connectivity index (χ0v) is 12.8. The summed E-state index contributed by atoms with van der Waals surface area (Å²) in [5.41, 5.74) is 15.8. The molecule has 0 unspecified atom stereocenters. The molecule has 0 amide bonds. The first kappa shape index (κ1) is 13.6. The molecule has 0 saturated carbocycles. The van der Waals surface area contributed by atoms with Gasteiger partial charge in [-0.1, -0.05) is 12.1 Å². The number of aromatic nitrogens is 3. The highest BCUT2D eigenvalue weighted by atomic mass is 15.0. The van der Waals surface area contributed by atoms with Crippen LogP contribution in [-0.4, -0.2) is 14.5 Å². The Hall–Kier alpha value is -3.08. The van der Waals surface area contributed by atoms with Gasteiger partial charge in [0, 0.05) is 29.3 Å². The maximum Gasteiger partial charge on any atom is 0.135 e. The first-order valence-corrected chi connectivity index (χ1v) is 7.48. The van der Waals surface area contributed by atoms with Crippen LogP contribution in [0.15, 0.2) is 48.7 Å². The normalized spacial score (nSPS) is 11.3. The Kier molecular flexibility index (Phi) is 2.94. The number of aryl methyl sites for hydroxylation is 1. The number of nitrogens with zero attached hydrogens (tertiary/aromatic N) is 3. The van der Waals surface area contributed by atoms with Gasteiger partial charge in [0.15, 0.2) is 0 Å². The van der Waals surface area contributed by atoms with Crippen molar-refractivity contribution in [2.24, 2.45) is 0 Å². The summed E-state index contributed by atoms with van der Waals surface area (Å²) >= 11 is 0. The van der Waals surface area contributed by atoms with Crippen LogP contribution in [0.2, 0.25) is 0 Å². The molecular weight excluding hydrogens is 286 g/mol. The third kappa shape index (κ3) is 2.26. The van der Waals surface area contributed by atoms with E-state index in [2.05, 4.69) is 32.9 Å². The highest BCUT2D eigenvalue weighted by molar-refractivity contribution is 6.10. The summed E-state index contributed by atoms with van der Waals surface area (Å²) in [7, 11) is 0. The van der Waals surface area contributed by atoms with Gasteiger partial charge in [-0.25, -0.2) is 9.97 Å². The number of fused-ring (bicyclic) bond motifs is 3. The molecule has 23 heavy (non-hydrogen) atoms. The largest absolute Gasteiger partial charge is 0.399 e. The van der Waals surface area contributed by atoms with Crippen molar-refractivity contribution < 1.29 is 0 Å². The second-order valence-corrected chi connectivity index (χ2v) is 5.73. The lowest BCUT2D eigenvalue weighted by molar-refractivity contribution is 0.837. The van der Waals surface area contributed by atoms with Crippen LogP contribution in [0.1, 0.15) is 11.4 Å². The third-order valence-electron chi connectivity index (χ3n) is 4.08. The summed E-state index contributed by atoms with van der Waals surface area (Å²) in [5, 5.41) is 2.00. The standard InChI is InChI=1S/C18H17N5/c1-11-21-15-6-7-16-14(17(15)18(20)22-11)8-9-23(16)10-12-2-4-13(19)5-3-12/h2-9H,10,19H2,1H3,(H2,20,21,22). The summed E-state index contributed by atoms with van der Waals surface area (Å²) in [6, 6.07) is 14.1. The fourth-order valence-electron chi connectivity index (χ4n) is 3.01. The molecule has 0 radical (unpaired) electrons. The first-order valence-electron chi connectivity index (χ1n) is 7.48. The van der Waals surface area contributed by atoms with Gasteiger partial charge in [0.1, 0.15) is 11.6 Å². The van der Waals surface area contributed by atoms with E-state index in [1.807, 2.05) is 37.3 Å². The molecule has 0 bridgehead atoms. The van der Waals surface area contributed by atoms with Gasteiger partial charge >= 0.3 is 0 Å². The Labute approximate surface area is 133 Å². The first-order chi connectivity index (χ1) is 11.1. The number of rotatable bonds is 2.